The third-order valence-corrected chi connectivity index (χ3v) is 3.23. The van der Waals surface area contributed by atoms with E-state index in [1.165, 1.54) is 11.7 Å². The highest BCUT2D eigenvalue weighted by atomic mass is 32.1. The maximum Gasteiger partial charge on any atom is 0.245 e. The molecule has 0 aliphatic carbocycles. The number of fused-ring (bicyclic) bond motifs is 1. The molecule has 3 rings (SSSR count). The first-order chi connectivity index (χ1) is 9.24. The van der Waals surface area contributed by atoms with E-state index in [1.54, 1.807) is 0 Å². The summed E-state index contributed by atoms with van der Waals surface area (Å²) in [6.07, 6.45) is 0. The molecule has 7 nitrogen and oxygen atoms in total. The van der Waals surface area contributed by atoms with E-state index in [4.69, 9.17) is 0 Å². The van der Waals surface area contributed by atoms with Crippen molar-refractivity contribution in [3.05, 3.63) is 23.8 Å². The maximum absolute atomic E-state index is 4.31. The minimum Gasteiger partial charge on any atom is -0.350 e. The molecule has 2 heterocycles. The number of hydrogen-bond donors (Lipinski definition) is 2. The Labute approximate surface area is 114 Å². The second kappa shape index (κ2) is 4.81. The SMILES string of the molecule is CN(C)c1n[nH]c(NCc2cccc3nsnc23)n1. The molecule has 2 N–H and O–H groups in total. The van der Waals surface area contributed by atoms with Crippen molar-refractivity contribution >= 4 is 34.7 Å². The molecule has 0 bridgehead atoms. The van der Waals surface area contributed by atoms with Gasteiger partial charge in [-0.15, -0.1) is 5.10 Å². The number of benzene rings is 1. The number of anilines is 2. The Morgan fingerprint density at radius 1 is 1.32 bits per heavy atom. The molecule has 0 fully saturated rings. The second-order valence-corrected chi connectivity index (χ2v) is 4.81. The van der Waals surface area contributed by atoms with Crippen LogP contribution in [0, 0.1) is 0 Å². The molecule has 8 heteroatoms. The summed E-state index contributed by atoms with van der Waals surface area (Å²) in [5.74, 6) is 1.29. The molecule has 0 radical (unpaired) electrons. The van der Waals surface area contributed by atoms with Gasteiger partial charge in [0, 0.05) is 26.2 Å². The van der Waals surface area contributed by atoms with E-state index in [0.29, 0.717) is 18.4 Å². The Hall–Kier alpha value is -2.22. The molecular formula is C11H13N7S. The van der Waals surface area contributed by atoms with E-state index >= 15 is 0 Å². The highest BCUT2D eigenvalue weighted by molar-refractivity contribution is 7.00. The fourth-order valence-electron chi connectivity index (χ4n) is 1.72. The summed E-state index contributed by atoms with van der Waals surface area (Å²) in [6.45, 7) is 0.630. The van der Waals surface area contributed by atoms with E-state index in [9.17, 15) is 0 Å². The zero-order chi connectivity index (χ0) is 13.2. The van der Waals surface area contributed by atoms with Crippen molar-refractivity contribution in [2.24, 2.45) is 0 Å². The minimum absolute atomic E-state index is 0.630. The van der Waals surface area contributed by atoms with Gasteiger partial charge in [-0.1, -0.05) is 12.1 Å². The van der Waals surface area contributed by atoms with Crippen LogP contribution in [0.25, 0.3) is 11.0 Å². The van der Waals surface area contributed by atoms with Crippen LogP contribution in [-0.2, 0) is 6.54 Å². The van der Waals surface area contributed by atoms with Crippen LogP contribution >= 0.6 is 11.7 Å². The predicted molar refractivity (Wildman–Crippen MR) is 75.5 cm³/mol. The van der Waals surface area contributed by atoms with Gasteiger partial charge < -0.3 is 10.2 Å². The number of aromatic nitrogens is 5. The van der Waals surface area contributed by atoms with Crippen LogP contribution in [0.1, 0.15) is 5.56 Å². The lowest BCUT2D eigenvalue weighted by molar-refractivity contribution is 0.996. The number of aromatic amines is 1. The number of hydrogen-bond acceptors (Lipinski definition) is 7. The summed E-state index contributed by atoms with van der Waals surface area (Å²) < 4.78 is 8.52. The van der Waals surface area contributed by atoms with Crippen LogP contribution in [0.2, 0.25) is 0 Å². The van der Waals surface area contributed by atoms with Gasteiger partial charge in [-0.05, 0) is 6.07 Å². The van der Waals surface area contributed by atoms with Gasteiger partial charge >= 0.3 is 0 Å². The number of nitrogens with one attached hydrogen (secondary N) is 2. The Balaban J connectivity index is 1.76. The van der Waals surface area contributed by atoms with Crippen molar-refractivity contribution in [3.63, 3.8) is 0 Å². The average molecular weight is 275 g/mol. The van der Waals surface area contributed by atoms with E-state index in [0.717, 1.165) is 16.6 Å². The van der Waals surface area contributed by atoms with Crippen LogP contribution < -0.4 is 10.2 Å². The Morgan fingerprint density at radius 2 is 2.21 bits per heavy atom. The van der Waals surface area contributed by atoms with Crippen LogP contribution in [0.5, 0.6) is 0 Å². The van der Waals surface area contributed by atoms with E-state index < -0.39 is 0 Å². The predicted octanol–water partition coefficient (Wildman–Crippen LogP) is 1.49. The summed E-state index contributed by atoms with van der Waals surface area (Å²) in [4.78, 5) is 6.15. The van der Waals surface area contributed by atoms with E-state index in [1.807, 2.05) is 37.2 Å². The number of H-pyrrole nitrogens is 1. The number of nitrogens with zero attached hydrogens (tertiary/aromatic N) is 5. The third kappa shape index (κ3) is 2.34. The monoisotopic (exact) mass is 275 g/mol. The summed E-state index contributed by atoms with van der Waals surface area (Å²) in [6, 6.07) is 5.97. The lowest BCUT2D eigenvalue weighted by Crippen LogP contribution is -2.10. The Bertz CT molecular complexity index is 687. The van der Waals surface area contributed by atoms with Crippen molar-refractivity contribution in [3.8, 4) is 0 Å². The van der Waals surface area contributed by atoms with Crippen LogP contribution in [-0.4, -0.2) is 38.0 Å². The van der Waals surface area contributed by atoms with E-state index in [-0.39, 0.29) is 0 Å². The van der Waals surface area contributed by atoms with Gasteiger partial charge in [-0.2, -0.15) is 13.7 Å². The first-order valence-corrected chi connectivity index (χ1v) is 6.51. The topological polar surface area (TPSA) is 82.6 Å². The second-order valence-electron chi connectivity index (χ2n) is 4.28. The third-order valence-electron chi connectivity index (χ3n) is 2.69. The summed E-state index contributed by atoms with van der Waals surface area (Å²) in [5.41, 5.74) is 2.96. The molecule has 19 heavy (non-hydrogen) atoms. The molecule has 98 valence electrons. The highest BCUT2D eigenvalue weighted by Crippen LogP contribution is 2.17. The van der Waals surface area contributed by atoms with Gasteiger partial charge in [0.15, 0.2) is 0 Å². The van der Waals surface area contributed by atoms with E-state index in [2.05, 4.69) is 29.2 Å². The standard InChI is InChI=1S/C11H13N7S/c1-18(2)11-13-10(14-15-11)12-6-7-4-3-5-8-9(7)17-19-16-8/h3-5H,6H2,1-2H3,(H2,12,13,14,15). The molecule has 2 aromatic heterocycles. The number of rotatable bonds is 4. The lowest BCUT2D eigenvalue weighted by Gasteiger charge is -2.04. The first kappa shape index (κ1) is 11.8. The molecule has 3 aromatic rings. The Kier molecular flexibility index (Phi) is 3.00. The normalized spacial score (nSPS) is 10.8. The molecule has 0 spiro atoms. The zero-order valence-electron chi connectivity index (χ0n) is 10.6. The van der Waals surface area contributed by atoms with Crippen LogP contribution in [0.3, 0.4) is 0 Å². The van der Waals surface area contributed by atoms with Gasteiger partial charge in [-0.3, -0.25) is 0 Å². The molecule has 0 amide bonds. The van der Waals surface area contributed by atoms with Crippen LogP contribution in [0.4, 0.5) is 11.9 Å². The van der Waals surface area contributed by atoms with Crippen LogP contribution in [0.15, 0.2) is 18.2 Å². The van der Waals surface area contributed by atoms with Crippen molar-refractivity contribution in [2.75, 3.05) is 24.3 Å². The smallest absolute Gasteiger partial charge is 0.245 e. The average Bonchev–Trinajstić information content (AvgIpc) is 3.05. The summed E-state index contributed by atoms with van der Waals surface area (Å²) in [7, 11) is 3.79. The highest BCUT2D eigenvalue weighted by Gasteiger charge is 2.07. The van der Waals surface area contributed by atoms with Gasteiger partial charge in [0.2, 0.25) is 11.9 Å². The van der Waals surface area contributed by atoms with Gasteiger partial charge in [0.1, 0.15) is 11.0 Å². The van der Waals surface area contributed by atoms with Crippen molar-refractivity contribution in [2.45, 2.75) is 6.54 Å². The Morgan fingerprint density at radius 3 is 3.00 bits per heavy atom. The first-order valence-electron chi connectivity index (χ1n) is 5.78. The molecule has 0 unspecified atom stereocenters. The molecule has 0 saturated carbocycles. The largest absolute Gasteiger partial charge is 0.350 e. The fourth-order valence-corrected chi connectivity index (χ4v) is 2.28. The quantitative estimate of drug-likeness (QED) is 0.750. The molecule has 0 aliphatic rings. The summed E-state index contributed by atoms with van der Waals surface area (Å²) in [5, 5.41) is 10.1. The summed E-state index contributed by atoms with van der Waals surface area (Å²) >= 11 is 1.23. The molecule has 0 atom stereocenters. The molecule has 1 aromatic carbocycles. The van der Waals surface area contributed by atoms with Gasteiger partial charge in [0.25, 0.3) is 0 Å². The maximum atomic E-state index is 4.31. The van der Waals surface area contributed by atoms with Crippen molar-refractivity contribution in [1.82, 2.24) is 23.9 Å². The molecule has 0 saturated heterocycles. The van der Waals surface area contributed by atoms with Crippen molar-refractivity contribution in [1.29, 1.82) is 0 Å². The molecule has 0 aliphatic heterocycles. The fraction of sp³-hybridized carbons (Fsp3) is 0.273. The van der Waals surface area contributed by atoms with Gasteiger partial charge in [-0.25, -0.2) is 5.10 Å². The van der Waals surface area contributed by atoms with Crippen molar-refractivity contribution < 1.29 is 0 Å². The minimum atomic E-state index is 0.630. The van der Waals surface area contributed by atoms with Gasteiger partial charge in [0.05, 0.1) is 11.7 Å². The molecular weight excluding hydrogens is 262 g/mol. The zero-order valence-corrected chi connectivity index (χ0v) is 11.4. The lowest BCUT2D eigenvalue weighted by atomic mass is 10.2.